The molecule has 63 heavy (non-hydrogen) atoms. The normalized spacial score (nSPS) is 18.8. The van der Waals surface area contributed by atoms with Crippen molar-refractivity contribution in [3.8, 4) is 11.5 Å². The number of benzene rings is 3. The van der Waals surface area contributed by atoms with Gasteiger partial charge < -0.3 is 39.8 Å². The molecule has 8 rings (SSSR count). The molecule has 3 aromatic carbocycles. The monoisotopic (exact) mass is 898 g/mol. The van der Waals surface area contributed by atoms with Crippen molar-refractivity contribution in [1.82, 2.24) is 35.3 Å². The number of piperidine rings is 2. The van der Waals surface area contributed by atoms with Crippen molar-refractivity contribution in [3.05, 3.63) is 83.0 Å². The summed E-state index contributed by atoms with van der Waals surface area (Å²) >= 11 is 6.48. The maximum Gasteiger partial charge on any atom is 0.255 e. The van der Waals surface area contributed by atoms with Gasteiger partial charge in [0.15, 0.2) is 12.5 Å². The first-order valence-electron chi connectivity index (χ1n) is 21.1. The Balaban J connectivity index is 0.776. The van der Waals surface area contributed by atoms with Crippen LogP contribution in [0.4, 0.5) is 28.8 Å². The summed E-state index contributed by atoms with van der Waals surface area (Å²) in [5.41, 5.74) is 3.56. The minimum absolute atomic E-state index is 0.0541. The molecule has 1 aromatic heterocycles. The van der Waals surface area contributed by atoms with Crippen molar-refractivity contribution >= 4 is 76.5 Å². The molecular formula is C44H52ClN10O7P. The van der Waals surface area contributed by atoms with Gasteiger partial charge in [-0.2, -0.15) is 4.98 Å². The molecule has 1 unspecified atom stereocenters. The van der Waals surface area contributed by atoms with E-state index in [9.17, 15) is 23.7 Å². The average molecular weight is 899 g/mol. The summed E-state index contributed by atoms with van der Waals surface area (Å²) in [6.45, 7) is 8.97. The first-order chi connectivity index (χ1) is 30.3. The zero-order valence-electron chi connectivity index (χ0n) is 35.6. The number of amides is 4. The van der Waals surface area contributed by atoms with E-state index in [0.29, 0.717) is 62.1 Å². The lowest BCUT2D eigenvalue weighted by molar-refractivity contribution is -0.137. The Bertz CT molecular complexity index is 2440. The van der Waals surface area contributed by atoms with Crippen LogP contribution in [-0.2, 0) is 25.5 Å². The van der Waals surface area contributed by atoms with Gasteiger partial charge in [-0.25, -0.2) is 4.98 Å². The Kier molecular flexibility index (Phi) is 13.2. The Hall–Kier alpha value is -5.74. The van der Waals surface area contributed by atoms with Crippen LogP contribution in [0.5, 0.6) is 11.5 Å². The van der Waals surface area contributed by atoms with Gasteiger partial charge in [-0.15, -0.1) is 0 Å². The number of carbonyl (C=O) groups excluding carboxylic acids is 4. The summed E-state index contributed by atoms with van der Waals surface area (Å²) in [7, 11) is -0.927. The number of carbonyl (C=O) groups is 4. The molecule has 3 fully saturated rings. The molecule has 17 nitrogen and oxygen atoms in total. The van der Waals surface area contributed by atoms with Gasteiger partial charge in [0, 0.05) is 79.9 Å². The molecule has 0 bridgehead atoms. The summed E-state index contributed by atoms with van der Waals surface area (Å²) in [6, 6.07) is 18.4. The highest BCUT2D eigenvalue weighted by molar-refractivity contribution is 7.70. The highest BCUT2D eigenvalue weighted by Crippen LogP contribution is 2.39. The van der Waals surface area contributed by atoms with E-state index in [1.54, 1.807) is 38.6 Å². The van der Waals surface area contributed by atoms with Gasteiger partial charge >= 0.3 is 0 Å². The van der Waals surface area contributed by atoms with E-state index < -0.39 is 19.1 Å². The molecule has 4 N–H and O–H groups in total. The van der Waals surface area contributed by atoms with Crippen LogP contribution >= 0.6 is 18.7 Å². The number of piperazine rings is 1. The maximum absolute atomic E-state index is 13.1. The lowest BCUT2D eigenvalue weighted by atomic mass is 10.0. The molecule has 5 heterocycles. The van der Waals surface area contributed by atoms with Crippen LogP contribution in [0.1, 0.15) is 41.6 Å². The third-order valence-corrected chi connectivity index (χ3v) is 13.9. The third-order valence-electron chi connectivity index (χ3n) is 12.1. The van der Waals surface area contributed by atoms with Crippen LogP contribution < -0.4 is 40.9 Å². The molecule has 332 valence electrons. The SMILES string of the molecule is COc1cc(N2CCC(N3CCN(CC(=O)NCOc4cccc5c4CN(C4CCC(=O)NC4=O)C5=O)CC3)CC2)ccc1Nc1ncc(Cl)c(Nc2ccccc2P(C)(C)=O)n1. The van der Waals surface area contributed by atoms with Gasteiger partial charge in [0.2, 0.25) is 23.7 Å². The fraction of sp³-hybridized carbons (Fsp3) is 0.409. The fourth-order valence-electron chi connectivity index (χ4n) is 8.71. The topological polar surface area (TPSA) is 191 Å². The number of halogens is 1. The number of rotatable bonds is 14. The number of anilines is 5. The van der Waals surface area contributed by atoms with Gasteiger partial charge in [0.05, 0.1) is 37.8 Å². The van der Waals surface area contributed by atoms with Crippen molar-refractivity contribution < 1.29 is 33.2 Å². The van der Waals surface area contributed by atoms with E-state index in [-0.39, 0.29) is 50.4 Å². The minimum Gasteiger partial charge on any atom is -0.494 e. The van der Waals surface area contributed by atoms with E-state index >= 15 is 0 Å². The first kappa shape index (κ1) is 43.9. The number of aromatic nitrogens is 2. The minimum atomic E-state index is -2.56. The molecule has 0 aliphatic carbocycles. The zero-order valence-corrected chi connectivity index (χ0v) is 37.2. The lowest BCUT2D eigenvalue weighted by Gasteiger charge is -2.43. The smallest absolute Gasteiger partial charge is 0.255 e. The molecule has 3 saturated heterocycles. The van der Waals surface area contributed by atoms with E-state index in [4.69, 9.17) is 21.1 Å². The van der Waals surface area contributed by atoms with Crippen molar-refractivity contribution in [2.75, 3.05) is 88.5 Å². The van der Waals surface area contributed by atoms with Crippen LogP contribution in [-0.4, -0.2) is 133 Å². The average Bonchev–Trinajstić information content (AvgIpc) is 3.61. The van der Waals surface area contributed by atoms with Gasteiger partial charge in [0.1, 0.15) is 29.7 Å². The quantitative estimate of drug-likeness (QED) is 0.0793. The molecule has 1 atom stereocenters. The third kappa shape index (κ3) is 10.1. The molecule has 19 heteroatoms. The summed E-state index contributed by atoms with van der Waals surface area (Å²) in [5.74, 6) is 0.613. The van der Waals surface area contributed by atoms with Crippen LogP contribution in [0.3, 0.4) is 0 Å². The molecule has 0 saturated carbocycles. The summed E-state index contributed by atoms with van der Waals surface area (Å²) in [4.78, 5) is 67.7. The molecule has 4 aromatic rings. The van der Waals surface area contributed by atoms with Crippen LogP contribution in [0.25, 0.3) is 0 Å². The second kappa shape index (κ2) is 18.9. The number of nitrogens with zero attached hydrogens (tertiary/aromatic N) is 6. The van der Waals surface area contributed by atoms with Crippen LogP contribution in [0.15, 0.2) is 66.9 Å². The molecule has 0 spiro atoms. The number of fused-ring (bicyclic) bond motifs is 1. The number of hydrogen-bond acceptors (Lipinski definition) is 14. The highest BCUT2D eigenvalue weighted by atomic mass is 35.5. The van der Waals surface area contributed by atoms with Crippen molar-refractivity contribution in [2.24, 2.45) is 0 Å². The van der Waals surface area contributed by atoms with Gasteiger partial charge in [-0.1, -0.05) is 29.8 Å². The van der Waals surface area contributed by atoms with E-state index in [0.717, 1.165) is 57.8 Å². The Labute approximate surface area is 371 Å². The lowest BCUT2D eigenvalue weighted by Crippen LogP contribution is -2.54. The van der Waals surface area contributed by atoms with Gasteiger partial charge in [-0.05, 0) is 69.0 Å². The predicted molar refractivity (Wildman–Crippen MR) is 242 cm³/mol. The fourth-order valence-corrected chi connectivity index (χ4v) is 10.0. The number of nitrogens with one attached hydrogen (secondary N) is 4. The number of hydrogen-bond donors (Lipinski definition) is 4. The van der Waals surface area contributed by atoms with Gasteiger partial charge in [0.25, 0.3) is 5.91 Å². The summed E-state index contributed by atoms with van der Waals surface area (Å²) < 4.78 is 24.6. The summed E-state index contributed by atoms with van der Waals surface area (Å²) in [6.07, 6.45) is 4.01. The Morgan fingerprint density at radius 2 is 1.70 bits per heavy atom. The second-order valence-corrected chi connectivity index (χ2v) is 20.1. The molecule has 4 aliphatic rings. The largest absolute Gasteiger partial charge is 0.494 e. The first-order valence-corrected chi connectivity index (χ1v) is 24.1. The van der Waals surface area contributed by atoms with Crippen molar-refractivity contribution in [1.29, 1.82) is 0 Å². The molecule has 4 aliphatic heterocycles. The number of imide groups is 1. The number of para-hydroxylation sites is 1. The van der Waals surface area contributed by atoms with Crippen LogP contribution in [0.2, 0.25) is 5.02 Å². The van der Waals surface area contributed by atoms with E-state index in [1.165, 1.54) is 11.1 Å². The Morgan fingerprint density at radius 3 is 2.44 bits per heavy atom. The van der Waals surface area contributed by atoms with E-state index in [1.807, 2.05) is 36.4 Å². The van der Waals surface area contributed by atoms with Crippen molar-refractivity contribution in [2.45, 2.75) is 44.3 Å². The molecule has 0 radical (unpaired) electrons. The predicted octanol–water partition coefficient (Wildman–Crippen LogP) is 4.37. The molecular weight excluding hydrogens is 847 g/mol. The second-order valence-electron chi connectivity index (χ2n) is 16.5. The highest BCUT2D eigenvalue weighted by Gasteiger charge is 2.40. The zero-order chi connectivity index (χ0) is 44.3. The standard InChI is InChI=1S/C44H52ClN10O7P/c1-61-37-23-29(11-12-33(37)49-44-46-24-32(45)41(51-44)48-34-8-4-5-10-38(34)63(2,3)60)53-17-15-28(16-18-53)54-21-19-52(20-22-54)26-40(57)47-27-62-36-9-6-7-30-31(36)25-55(43(30)59)35-13-14-39(56)50-42(35)58/h4-12,23-24,28,35H,13-22,25-27H2,1-3H3,(H,47,57)(H,50,56,58)(H2,46,48,49,51). The number of methoxy groups -OCH3 is 1. The van der Waals surface area contributed by atoms with Gasteiger partial charge in [-0.3, -0.25) is 34.3 Å². The summed E-state index contributed by atoms with van der Waals surface area (Å²) in [5, 5.41) is 12.7. The maximum atomic E-state index is 13.1. The van der Waals surface area contributed by atoms with E-state index in [2.05, 4.69) is 52.0 Å². The van der Waals surface area contributed by atoms with Crippen LogP contribution in [0, 0.1) is 0 Å². The molecule has 4 amide bonds. The number of ether oxygens (including phenoxy) is 2. The Morgan fingerprint density at radius 1 is 0.921 bits per heavy atom. The van der Waals surface area contributed by atoms with Crippen molar-refractivity contribution in [3.63, 3.8) is 0 Å².